The Hall–Kier alpha value is -4.14. The number of benzene rings is 2. The van der Waals surface area contributed by atoms with Gasteiger partial charge in [0.25, 0.3) is 0 Å². The standard InChI is InChI=1S/C27H32N4O5/c1-27(2,3)36-26(34)31-23(22(18-11-7-5-8-12-18)19-13-9-6-10-14-19)24(32)30-21(25(33)35-4)15-20-16-28-17-29-20/h5-14,16-17,21-23H,15H2,1-4H3,(H,28,29)(H,30,32)(H,31,34)/t21-,23-/m0/s1. The number of ether oxygens (including phenoxy) is 2. The Labute approximate surface area is 210 Å². The van der Waals surface area contributed by atoms with Crippen molar-refractivity contribution in [3.8, 4) is 0 Å². The normalized spacial score (nSPS) is 12.9. The lowest BCUT2D eigenvalue weighted by atomic mass is 9.84. The number of carbonyl (C=O) groups excluding carboxylic acids is 3. The van der Waals surface area contributed by atoms with Crippen LogP contribution in [0.2, 0.25) is 0 Å². The first-order valence-electron chi connectivity index (χ1n) is 11.6. The molecule has 0 unspecified atom stereocenters. The first-order chi connectivity index (χ1) is 17.2. The number of imidazole rings is 1. The van der Waals surface area contributed by atoms with Gasteiger partial charge < -0.3 is 25.1 Å². The van der Waals surface area contributed by atoms with Gasteiger partial charge in [0, 0.05) is 24.2 Å². The molecule has 0 aliphatic carbocycles. The number of hydrogen-bond acceptors (Lipinski definition) is 6. The molecular formula is C27H32N4O5. The summed E-state index contributed by atoms with van der Waals surface area (Å²) in [5.41, 5.74) is 1.49. The van der Waals surface area contributed by atoms with Gasteiger partial charge in [0.2, 0.25) is 5.91 Å². The summed E-state index contributed by atoms with van der Waals surface area (Å²) in [6, 6.07) is 16.7. The Morgan fingerprint density at radius 2 is 1.53 bits per heavy atom. The first-order valence-corrected chi connectivity index (χ1v) is 11.6. The predicted molar refractivity (Wildman–Crippen MR) is 134 cm³/mol. The van der Waals surface area contributed by atoms with Crippen LogP contribution < -0.4 is 10.6 Å². The van der Waals surface area contributed by atoms with Gasteiger partial charge in [-0.15, -0.1) is 0 Å². The molecule has 0 radical (unpaired) electrons. The van der Waals surface area contributed by atoms with Crippen LogP contribution in [0.3, 0.4) is 0 Å². The molecule has 190 valence electrons. The molecule has 3 rings (SSSR count). The Bertz CT molecular complexity index is 1090. The molecule has 0 aliphatic heterocycles. The molecule has 9 nitrogen and oxygen atoms in total. The number of H-pyrrole nitrogens is 1. The largest absolute Gasteiger partial charge is 0.467 e. The summed E-state index contributed by atoms with van der Waals surface area (Å²) in [6.45, 7) is 5.22. The minimum atomic E-state index is -1.10. The van der Waals surface area contributed by atoms with Gasteiger partial charge in [-0.3, -0.25) is 4.79 Å². The molecule has 3 aromatic rings. The van der Waals surface area contributed by atoms with E-state index in [1.165, 1.54) is 13.4 Å². The lowest BCUT2D eigenvalue weighted by molar-refractivity contribution is -0.145. The highest BCUT2D eigenvalue weighted by Gasteiger charge is 2.36. The zero-order valence-corrected chi connectivity index (χ0v) is 20.9. The Balaban J connectivity index is 1.99. The highest BCUT2D eigenvalue weighted by atomic mass is 16.6. The molecule has 1 aromatic heterocycles. The first kappa shape index (κ1) is 26.5. The van der Waals surface area contributed by atoms with Crippen molar-refractivity contribution < 1.29 is 23.9 Å². The van der Waals surface area contributed by atoms with E-state index in [9.17, 15) is 14.4 Å². The second-order valence-corrected chi connectivity index (χ2v) is 9.29. The van der Waals surface area contributed by atoms with E-state index >= 15 is 0 Å². The molecule has 36 heavy (non-hydrogen) atoms. The molecule has 2 amide bonds. The molecule has 0 saturated carbocycles. The van der Waals surface area contributed by atoms with Crippen LogP contribution in [0.25, 0.3) is 0 Å². The van der Waals surface area contributed by atoms with Gasteiger partial charge in [-0.2, -0.15) is 0 Å². The van der Waals surface area contributed by atoms with Crippen molar-refractivity contribution in [3.05, 3.63) is 90.0 Å². The Morgan fingerprint density at radius 1 is 0.944 bits per heavy atom. The fraction of sp³-hybridized carbons (Fsp3) is 0.333. The summed E-state index contributed by atoms with van der Waals surface area (Å²) in [5, 5.41) is 5.51. The third kappa shape index (κ3) is 7.43. The van der Waals surface area contributed by atoms with Crippen molar-refractivity contribution >= 4 is 18.0 Å². The third-order valence-electron chi connectivity index (χ3n) is 5.39. The summed E-state index contributed by atoms with van der Waals surface area (Å²) in [7, 11) is 1.25. The van der Waals surface area contributed by atoms with E-state index in [1.807, 2.05) is 60.7 Å². The molecule has 3 N–H and O–H groups in total. The molecule has 2 atom stereocenters. The molecule has 0 bridgehead atoms. The Kier molecular flexibility index (Phi) is 8.83. The molecule has 0 saturated heterocycles. The number of alkyl carbamates (subject to hydrolysis) is 1. The number of rotatable bonds is 9. The van der Waals surface area contributed by atoms with Crippen LogP contribution in [0.4, 0.5) is 4.79 Å². The van der Waals surface area contributed by atoms with Crippen LogP contribution >= 0.6 is 0 Å². The smallest absolute Gasteiger partial charge is 0.408 e. The molecular weight excluding hydrogens is 460 g/mol. The van der Waals surface area contributed by atoms with E-state index in [4.69, 9.17) is 9.47 Å². The average molecular weight is 493 g/mol. The van der Waals surface area contributed by atoms with Crippen molar-refractivity contribution in [2.24, 2.45) is 0 Å². The number of methoxy groups -OCH3 is 1. The van der Waals surface area contributed by atoms with Crippen LogP contribution in [-0.2, 0) is 25.5 Å². The summed E-state index contributed by atoms with van der Waals surface area (Å²) < 4.78 is 10.4. The number of carbonyl (C=O) groups is 3. The predicted octanol–water partition coefficient (Wildman–Crippen LogP) is 3.34. The number of nitrogens with zero attached hydrogens (tertiary/aromatic N) is 1. The van der Waals surface area contributed by atoms with E-state index in [0.717, 1.165) is 11.1 Å². The second kappa shape index (κ2) is 12.0. The zero-order valence-electron chi connectivity index (χ0n) is 20.9. The fourth-order valence-corrected chi connectivity index (χ4v) is 3.85. The average Bonchev–Trinajstić information content (AvgIpc) is 3.36. The topological polar surface area (TPSA) is 122 Å². The summed E-state index contributed by atoms with van der Waals surface area (Å²) in [6.07, 6.45) is 2.44. The highest BCUT2D eigenvalue weighted by molar-refractivity contribution is 5.91. The van der Waals surface area contributed by atoms with Gasteiger partial charge in [-0.05, 0) is 31.9 Å². The fourth-order valence-electron chi connectivity index (χ4n) is 3.85. The molecule has 9 heteroatoms. The van der Waals surface area contributed by atoms with Crippen LogP contribution in [0.5, 0.6) is 0 Å². The maximum atomic E-state index is 13.8. The van der Waals surface area contributed by atoms with Gasteiger partial charge >= 0.3 is 12.1 Å². The lowest BCUT2D eigenvalue weighted by Crippen LogP contribution is -2.55. The molecule has 0 spiro atoms. The van der Waals surface area contributed by atoms with Gasteiger partial charge in [-0.25, -0.2) is 14.6 Å². The van der Waals surface area contributed by atoms with E-state index in [2.05, 4.69) is 20.6 Å². The summed E-state index contributed by atoms with van der Waals surface area (Å²) in [4.78, 5) is 46.0. The van der Waals surface area contributed by atoms with E-state index in [-0.39, 0.29) is 6.42 Å². The maximum absolute atomic E-state index is 13.8. The molecule has 2 aromatic carbocycles. The van der Waals surface area contributed by atoms with Crippen molar-refractivity contribution in [1.29, 1.82) is 0 Å². The molecule has 1 heterocycles. The van der Waals surface area contributed by atoms with Gasteiger partial charge in [0.1, 0.15) is 17.7 Å². The summed E-state index contributed by atoms with van der Waals surface area (Å²) in [5.74, 6) is -1.75. The van der Waals surface area contributed by atoms with Crippen LogP contribution in [0, 0.1) is 0 Å². The maximum Gasteiger partial charge on any atom is 0.408 e. The molecule has 0 aliphatic rings. The number of aromatic amines is 1. The number of esters is 1. The van der Waals surface area contributed by atoms with Gasteiger partial charge in [-0.1, -0.05) is 60.7 Å². The Morgan fingerprint density at radius 3 is 2.00 bits per heavy atom. The van der Waals surface area contributed by atoms with Crippen LogP contribution in [0.15, 0.2) is 73.2 Å². The van der Waals surface area contributed by atoms with E-state index < -0.39 is 41.6 Å². The second-order valence-electron chi connectivity index (χ2n) is 9.29. The number of aromatic nitrogens is 2. The van der Waals surface area contributed by atoms with Crippen molar-refractivity contribution in [2.75, 3.05) is 7.11 Å². The highest BCUT2D eigenvalue weighted by Crippen LogP contribution is 2.29. The SMILES string of the molecule is COC(=O)[C@H](Cc1cnc[nH]1)NC(=O)[C@@H](NC(=O)OC(C)(C)C)C(c1ccccc1)c1ccccc1. The number of nitrogens with one attached hydrogen (secondary N) is 3. The third-order valence-corrected chi connectivity index (χ3v) is 5.39. The van der Waals surface area contributed by atoms with Gasteiger partial charge in [0.05, 0.1) is 13.4 Å². The minimum Gasteiger partial charge on any atom is -0.467 e. The van der Waals surface area contributed by atoms with Crippen molar-refractivity contribution in [3.63, 3.8) is 0 Å². The number of amides is 2. The van der Waals surface area contributed by atoms with Gasteiger partial charge in [0.15, 0.2) is 0 Å². The van der Waals surface area contributed by atoms with E-state index in [1.54, 1.807) is 27.0 Å². The van der Waals surface area contributed by atoms with E-state index in [0.29, 0.717) is 5.69 Å². The molecule has 0 fully saturated rings. The minimum absolute atomic E-state index is 0.138. The van der Waals surface area contributed by atoms with Crippen LogP contribution in [-0.4, -0.2) is 52.7 Å². The van der Waals surface area contributed by atoms with Crippen molar-refractivity contribution in [1.82, 2.24) is 20.6 Å². The monoisotopic (exact) mass is 492 g/mol. The van der Waals surface area contributed by atoms with Crippen LogP contribution in [0.1, 0.15) is 43.5 Å². The summed E-state index contributed by atoms with van der Waals surface area (Å²) >= 11 is 0. The zero-order chi connectivity index (χ0) is 26.1. The number of hydrogen-bond donors (Lipinski definition) is 3. The quantitative estimate of drug-likeness (QED) is 0.394. The van der Waals surface area contributed by atoms with Crippen molar-refractivity contribution in [2.45, 2.75) is 50.8 Å². The lowest BCUT2D eigenvalue weighted by Gasteiger charge is -2.30.